The van der Waals surface area contributed by atoms with Crippen LogP contribution in [0.5, 0.6) is 0 Å². The van der Waals surface area contributed by atoms with Crippen LogP contribution in [0, 0.1) is 0 Å². The Labute approximate surface area is 173 Å². The largest absolute Gasteiger partial charge is 0.350 e. The molecular weight excluding hydrogens is 398 g/mol. The molecule has 0 bridgehead atoms. The lowest BCUT2D eigenvalue weighted by Crippen LogP contribution is -2.38. The van der Waals surface area contributed by atoms with Gasteiger partial charge in [-0.15, -0.1) is 12.4 Å². The molecule has 0 fully saturated rings. The third-order valence-electron chi connectivity index (χ3n) is 4.16. The van der Waals surface area contributed by atoms with E-state index in [0.29, 0.717) is 12.1 Å². The summed E-state index contributed by atoms with van der Waals surface area (Å²) < 4.78 is 28.0. The van der Waals surface area contributed by atoms with E-state index in [1.54, 1.807) is 19.1 Å². The predicted octanol–water partition coefficient (Wildman–Crippen LogP) is 2.88. The zero-order chi connectivity index (χ0) is 19.9. The van der Waals surface area contributed by atoms with Crippen LogP contribution in [0.1, 0.15) is 42.7 Å². The maximum Gasteiger partial charge on any atom is 0.251 e. The van der Waals surface area contributed by atoms with E-state index < -0.39 is 10.0 Å². The topological polar surface area (TPSA) is 87.3 Å². The number of benzene rings is 2. The molecule has 0 aliphatic carbocycles. The quantitative estimate of drug-likeness (QED) is 0.576. The molecule has 2 aromatic rings. The van der Waals surface area contributed by atoms with Crippen molar-refractivity contribution in [3.05, 3.63) is 65.7 Å². The zero-order valence-electron chi connectivity index (χ0n) is 16.3. The van der Waals surface area contributed by atoms with Crippen LogP contribution in [0.2, 0.25) is 0 Å². The van der Waals surface area contributed by atoms with Crippen molar-refractivity contribution >= 4 is 28.3 Å². The fourth-order valence-electron chi connectivity index (χ4n) is 2.68. The number of rotatable bonds is 9. The number of carbonyl (C=O) groups is 1. The van der Waals surface area contributed by atoms with Gasteiger partial charge in [-0.3, -0.25) is 4.79 Å². The van der Waals surface area contributed by atoms with Crippen molar-refractivity contribution in [2.45, 2.75) is 37.8 Å². The number of nitrogens with one attached hydrogen (secondary N) is 3. The van der Waals surface area contributed by atoms with Crippen molar-refractivity contribution in [2.24, 2.45) is 0 Å². The summed E-state index contributed by atoms with van der Waals surface area (Å²) in [5, 5.41) is 6.02. The molecule has 0 saturated carbocycles. The van der Waals surface area contributed by atoms with E-state index in [9.17, 15) is 13.2 Å². The Balaban J connectivity index is 0.00000392. The second-order valence-electron chi connectivity index (χ2n) is 6.45. The molecule has 0 radical (unpaired) electrons. The number of hydrogen-bond donors (Lipinski definition) is 3. The maximum atomic E-state index is 12.7. The summed E-state index contributed by atoms with van der Waals surface area (Å²) >= 11 is 0. The summed E-state index contributed by atoms with van der Waals surface area (Å²) in [5.41, 5.74) is 1.18. The highest BCUT2D eigenvalue weighted by molar-refractivity contribution is 7.89. The first-order chi connectivity index (χ1) is 12.8. The fourth-order valence-corrected chi connectivity index (χ4v) is 3.96. The first-order valence-corrected chi connectivity index (χ1v) is 10.5. The minimum absolute atomic E-state index is 0. The van der Waals surface area contributed by atoms with Gasteiger partial charge < -0.3 is 10.6 Å². The molecule has 1 unspecified atom stereocenters. The Morgan fingerprint density at radius 2 is 1.71 bits per heavy atom. The van der Waals surface area contributed by atoms with Crippen LogP contribution in [0.3, 0.4) is 0 Å². The molecule has 28 heavy (non-hydrogen) atoms. The molecular formula is C20H28ClN3O3S. The van der Waals surface area contributed by atoms with Gasteiger partial charge >= 0.3 is 0 Å². The molecule has 2 rings (SSSR count). The fraction of sp³-hybridized carbons (Fsp3) is 0.350. The van der Waals surface area contributed by atoms with Crippen LogP contribution in [0.4, 0.5) is 0 Å². The third-order valence-corrected chi connectivity index (χ3v) is 5.70. The molecule has 1 amide bonds. The van der Waals surface area contributed by atoms with Crippen LogP contribution in [0.25, 0.3) is 0 Å². The molecule has 0 saturated heterocycles. The summed E-state index contributed by atoms with van der Waals surface area (Å²) in [4.78, 5) is 12.4. The highest BCUT2D eigenvalue weighted by Crippen LogP contribution is 2.17. The summed E-state index contributed by atoms with van der Waals surface area (Å²) in [6, 6.07) is 15.1. The predicted molar refractivity (Wildman–Crippen MR) is 114 cm³/mol. The second-order valence-corrected chi connectivity index (χ2v) is 8.16. The summed E-state index contributed by atoms with van der Waals surface area (Å²) in [6.07, 6.45) is 0. The van der Waals surface area contributed by atoms with E-state index in [0.717, 1.165) is 12.1 Å². The number of sulfonamides is 1. The lowest BCUT2D eigenvalue weighted by molar-refractivity contribution is 0.0950. The summed E-state index contributed by atoms with van der Waals surface area (Å²) in [6.45, 7) is 7.03. The molecule has 6 nitrogen and oxygen atoms in total. The van der Waals surface area contributed by atoms with Gasteiger partial charge in [-0.25, -0.2) is 13.1 Å². The average Bonchev–Trinajstić information content (AvgIpc) is 2.67. The number of carbonyl (C=O) groups excluding carboxylic acids is 1. The standard InChI is InChI=1S/C20H27N3O3S.ClH/c1-4-21-15(2)14-22-20(24)18-11-8-12-19(13-18)27(25,26)23-16(3)17-9-6-5-7-10-17;/h5-13,15-16,21,23H,4,14H2,1-3H3,(H,22,24);1H/t15-,16?;/m1./s1. The van der Waals surface area contributed by atoms with Crippen LogP contribution >= 0.6 is 12.4 Å². The van der Waals surface area contributed by atoms with Gasteiger partial charge in [0.2, 0.25) is 10.0 Å². The normalized spacial score (nSPS) is 13.2. The minimum atomic E-state index is -3.75. The van der Waals surface area contributed by atoms with Gasteiger partial charge in [-0.2, -0.15) is 0 Å². The smallest absolute Gasteiger partial charge is 0.251 e. The number of amides is 1. The lowest BCUT2D eigenvalue weighted by Gasteiger charge is -2.16. The molecule has 0 aliphatic rings. The molecule has 0 aliphatic heterocycles. The molecule has 0 aromatic heterocycles. The van der Waals surface area contributed by atoms with Crippen LogP contribution in [-0.2, 0) is 10.0 Å². The average molecular weight is 426 g/mol. The third kappa shape index (κ3) is 6.91. The van der Waals surface area contributed by atoms with Crippen molar-refractivity contribution in [3.8, 4) is 0 Å². The highest BCUT2D eigenvalue weighted by Gasteiger charge is 2.19. The van der Waals surface area contributed by atoms with Gasteiger partial charge in [0.1, 0.15) is 0 Å². The zero-order valence-corrected chi connectivity index (χ0v) is 17.9. The Morgan fingerprint density at radius 3 is 2.36 bits per heavy atom. The summed E-state index contributed by atoms with van der Waals surface area (Å²) in [5.74, 6) is -0.298. The molecule has 8 heteroatoms. The second kappa shape index (κ2) is 11.2. The maximum absolute atomic E-state index is 12.7. The van der Waals surface area contributed by atoms with Crippen LogP contribution in [-0.4, -0.2) is 33.5 Å². The van der Waals surface area contributed by atoms with Crippen molar-refractivity contribution < 1.29 is 13.2 Å². The minimum Gasteiger partial charge on any atom is -0.350 e. The first kappa shape index (κ1) is 24.1. The molecule has 3 N–H and O–H groups in total. The van der Waals surface area contributed by atoms with Gasteiger partial charge in [0.25, 0.3) is 5.91 Å². The van der Waals surface area contributed by atoms with Crippen LogP contribution < -0.4 is 15.4 Å². The summed E-state index contributed by atoms with van der Waals surface area (Å²) in [7, 11) is -3.75. The van der Waals surface area contributed by atoms with Gasteiger partial charge in [0.05, 0.1) is 4.90 Å². The van der Waals surface area contributed by atoms with Gasteiger partial charge in [0.15, 0.2) is 0 Å². The van der Waals surface area contributed by atoms with E-state index in [-0.39, 0.29) is 35.3 Å². The van der Waals surface area contributed by atoms with Crippen molar-refractivity contribution in [3.63, 3.8) is 0 Å². The number of hydrogen-bond acceptors (Lipinski definition) is 4. The van der Waals surface area contributed by atoms with Crippen molar-refractivity contribution in [2.75, 3.05) is 13.1 Å². The Bertz CT molecular complexity index is 860. The molecule has 0 heterocycles. The Hall–Kier alpha value is -1.93. The lowest BCUT2D eigenvalue weighted by atomic mass is 10.1. The Kier molecular flexibility index (Phi) is 9.61. The molecule has 0 spiro atoms. The van der Waals surface area contributed by atoms with Crippen LogP contribution in [0.15, 0.2) is 59.5 Å². The van der Waals surface area contributed by atoms with Gasteiger partial charge in [0, 0.05) is 24.2 Å². The highest BCUT2D eigenvalue weighted by atomic mass is 35.5. The van der Waals surface area contributed by atoms with E-state index in [2.05, 4.69) is 15.4 Å². The molecule has 2 atom stereocenters. The van der Waals surface area contributed by atoms with E-state index >= 15 is 0 Å². The van der Waals surface area contributed by atoms with Crippen molar-refractivity contribution in [1.82, 2.24) is 15.4 Å². The number of likely N-dealkylation sites (N-methyl/N-ethyl adjacent to an activating group) is 1. The van der Waals surface area contributed by atoms with Gasteiger partial charge in [-0.1, -0.05) is 43.3 Å². The van der Waals surface area contributed by atoms with E-state index in [1.807, 2.05) is 44.2 Å². The SMILES string of the molecule is CCN[C@H](C)CNC(=O)c1cccc(S(=O)(=O)NC(C)c2ccccc2)c1.Cl. The molecule has 2 aromatic carbocycles. The number of halogens is 1. The Morgan fingerprint density at radius 1 is 1.04 bits per heavy atom. The van der Waals surface area contributed by atoms with E-state index in [1.165, 1.54) is 12.1 Å². The first-order valence-electron chi connectivity index (χ1n) is 9.02. The van der Waals surface area contributed by atoms with E-state index in [4.69, 9.17) is 0 Å². The molecule has 154 valence electrons. The van der Waals surface area contributed by atoms with Crippen molar-refractivity contribution in [1.29, 1.82) is 0 Å². The monoisotopic (exact) mass is 425 g/mol. The van der Waals surface area contributed by atoms with Gasteiger partial charge in [-0.05, 0) is 44.2 Å².